The van der Waals surface area contributed by atoms with E-state index in [-0.39, 0.29) is 11.8 Å². The van der Waals surface area contributed by atoms with E-state index in [0.29, 0.717) is 24.5 Å². The molecule has 2 amide bonds. The van der Waals surface area contributed by atoms with Crippen molar-refractivity contribution in [2.24, 2.45) is 11.3 Å². The summed E-state index contributed by atoms with van der Waals surface area (Å²) < 4.78 is 5.33. The molecule has 1 fully saturated rings. The van der Waals surface area contributed by atoms with E-state index in [9.17, 15) is 14.7 Å². The predicted octanol–water partition coefficient (Wildman–Crippen LogP) is 4.34. The zero-order valence-corrected chi connectivity index (χ0v) is 19.8. The Bertz CT molecular complexity index is 770. The average molecular weight is 439 g/mol. The number of hydrogen-bond donors (Lipinski definition) is 2. The molecule has 1 unspecified atom stereocenters. The number of likely N-dealkylation sites (tertiary alicyclic amines) is 1. The Kier molecular flexibility index (Phi) is 7.14. The minimum absolute atomic E-state index is 0.106. The summed E-state index contributed by atoms with van der Waals surface area (Å²) in [6.45, 7) is 13.8. The van der Waals surface area contributed by atoms with E-state index in [2.05, 4.69) is 5.32 Å². The van der Waals surface area contributed by atoms with E-state index in [1.165, 1.54) is 0 Å². The molecular formula is C23H35ClN2O4. The molecule has 1 aromatic rings. The first kappa shape index (κ1) is 24.5. The number of carbonyl (C=O) groups excluding carboxylic acids is 2. The fourth-order valence-electron chi connectivity index (χ4n) is 3.92. The van der Waals surface area contributed by atoms with Crippen LogP contribution < -0.4 is 5.32 Å². The molecule has 1 aromatic carbocycles. The van der Waals surface area contributed by atoms with Crippen LogP contribution in [0, 0.1) is 11.3 Å². The van der Waals surface area contributed by atoms with Crippen LogP contribution in [0.1, 0.15) is 60.5 Å². The van der Waals surface area contributed by atoms with Crippen molar-refractivity contribution in [1.29, 1.82) is 0 Å². The Labute approximate surface area is 184 Å². The van der Waals surface area contributed by atoms with Crippen LogP contribution in [0.5, 0.6) is 0 Å². The third-order valence-corrected chi connectivity index (χ3v) is 5.94. The van der Waals surface area contributed by atoms with E-state index < -0.39 is 28.8 Å². The molecule has 7 heteroatoms. The first-order valence-electron chi connectivity index (χ1n) is 10.4. The normalized spacial score (nSPS) is 22.5. The van der Waals surface area contributed by atoms with Crippen LogP contribution in [-0.2, 0) is 15.1 Å². The molecule has 1 aliphatic rings. The van der Waals surface area contributed by atoms with Gasteiger partial charge in [0.05, 0.1) is 5.60 Å². The van der Waals surface area contributed by atoms with Crippen LogP contribution in [-0.4, -0.2) is 46.7 Å². The second-order valence-corrected chi connectivity index (χ2v) is 10.6. The topological polar surface area (TPSA) is 78.9 Å². The van der Waals surface area contributed by atoms with E-state index in [4.69, 9.17) is 16.3 Å². The molecule has 2 atom stereocenters. The van der Waals surface area contributed by atoms with Crippen molar-refractivity contribution in [3.05, 3.63) is 34.9 Å². The summed E-state index contributed by atoms with van der Waals surface area (Å²) in [7, 11) is 0. The lowest BCUT2D eigenvalue weighted by Gasteiger charge is -2.51. The van der Waals surface area contributed by atoms with Gasteiger partial charge < -0.3 is 20.1 Å². The van der Waals surface area contributed by atoms with Crippen molar-refractivity contribution in [3.8, 4) is 0 Å². The summed E-state index contributed by atoms with van der Waals surface area (Å²) in [4.78, 5) is 27.3. The highest BCUT2D eigenvalue weighted by Gasteiger charge is 2.50. The van der Waals surface area contributed by atoms with Crippen LogP contribution in [0.2, 0.25) is 5.02 Å². The largest absolute Gasteiger partial charge is 0.444 e. The number of carbonyl (C=O) groups is 2. The summed E-state index contributed by atoms with van der Waals surface area (Å²) in [5.74, 6) is -0.271. The van der Waals surface area contributed by atoms with Gasteiger partial charge in [-0.15, -0.1) is 0 Å². The molecule has 1 saturated heterocycles. The standard InChI is InChI=1S/C23H35ClN2O4/c1-15(2)18(25-20(28)30-21(3,4)5)19(27)26-13-12-23(29,22(6,7)14-26)16-8-10-17(24)11-9-16/h8-11,15,18,29H,12-14H2,1-7H3,(H,25,28)/t18-,23?/m1/s1. The molecule has 0 aromatic heterocycles. The van der Waals surface area contributed by atoms with Gasteiger partial charge in [0, 0.05) is 23.5 Å². The van der Waals surface area contributed by atoms with Crippen molar-refractivity contribution >= 4 is 23.6 Å². The van der Waals surface area contributed by atoms with Crippen molar-refractivity contribution in [1.82, 2.24) is 10.2 Å². The summed E-state index contributed by atoms with van der Waals surface area (Å²) in [5.41, 5.74) is -1.53. The Hall–Kier alpha value is -1.79. The number of benzene rings is 1. The highest BCUT2D eigenvalue weighted by atomic mass is 35.5. The monoisotopic (exact) mass is 438 g/mol. The Morgan fingerprint density at radius 3 is 2.23 bits per heavy atom. The van der Waals surface area contributed by atoms with Crippen molar-refractivity contribution in [3.63, 3.8) is 0 Å². The maximum Gasteiger partial charge on any atom is 0.408 e. The first-order chi connectivity index (χ1) is 13.7. The first-order valence-corrected chi connectivity index (χ1v) is 10.8. The maximum atomic E-state index is 13.3. The quantitative estimate of drug-likeness (QED) is 0.733. The highest BCUT2D eigenvalue weighted by Crippen LogP contribution is 2.46. The van der Waals surface area contributed by atoms with E-state index >= 15 is 0 Å². The average Bonchev–Trinajstić information content (AvgIpc) is 2.60. The van der Waals surface area contributed by atoms with E-state index in [0.717, 1.165) is 5.56 Å². The molecule has 0 bridgehead atoms. The van der Waals surface area contributed by atoms with E-state index in [1.54, 1.807) is 37.8 Å². The zero-order valence-electron chi connectivity index (χ0n) is 19.1. The fraction of sp³-hybridized carbons (Fsp3) is 0.652. The number of alkyl carbamates (subject to hydrolysis) is 1. The van der Waals surface area contributed by atoms with Crippen molar-refractivity contribution < 1.29 is 19.4 Å². The second kappa shape index (κ2) is 8.75. The Balaban J connectivity index is 2.17. The lowest BCUT2D eigenvalue weighted by molar-refractivity contribution is -0.155. The van der Waals surface area contributed by atoms with Gasteiger partial charge in [0.1, 0.15) is 11.6 Å². The van der Waals surface area contributed by atoms with Gasteiger partial charge in [-0.2, -0.15) is 0 Å². The van der Waals surface area contributed by atoms with Crippen molar-refractivity contribution in [2.75, 3.05) is 13.1 Å². The zero-order chi connectivity index (χ0) is 22.9. The number of hydrogen-bond acceptors (Lipinski definition) is 4. The molecule has 0 spiro atoms. The molecular weight excluding hydrogens is 404 g/mol. The number of amides is 2. The van der Waals surface area contributed by atoms with Gasteiger partial charge >= 0.3 is 6.09 Å². The summed E-state index contributed by atoms with van der Waals surface area (Å²) in [6.07, 6.45) is -0.214. The summed E-state index contributed by atoms with van der Waals surface area (Å²) in [5, 5.41) is 14.8. The third-order valence-electron chi connectivity index (χ3n) is 5.69. The number of nitrogens with zero attached hydrogens (tertiary/aromatic N) is 1. The van der Waals surface area contributed by atoms with Gasteiger partial charge in [-0.1, -0.05) is 51.4 Å². The second-order valence-electron chi connectivity index (χ2n) is 10.1. The van der Waals surface area contributed by atoms with Gasteiger partial charge in [-0.3, -0.25) is 4.79 Å². The molecule has 0 aliphatic carbocycles. The van der Waals surface area contributed by atoms with Gasteiger partial charge in [0.2, 0.25) is 5.91 Å². The molecule has 2 rings (SSSR count). The van der Waals surface area contributed by atoms with Gasteiger partial charge in [0.15, 0.2) is 0 Å². The molecule has 6 nitrogen and oxygen atoms in total. The highest BCUT2D eigenvalue weighted by molar-refractivity contribution is 6.30. The van der Waals surface area contributed by atoms with Crippen LogP contribution in [0.3, 0.4) is 0 Å². The molecule has 168 valence electrons. The SMILES string of the molecule is CC(C)[C@@H](NC(=O)OC(C)(C)C)C(=O)N1CCC(O)(c2ccc(Cl)cc2)C(C)(C)C1. The smallest absolute Gasteiger partial charge is 0.408 e. The minimum Gasteiger partial charge on any atom is -0.444 e. The lowest BCUT2D eigenvalue weighted by atomic mass is 9.66. The fourth-order valence-corrected chi connectivity index (χ4v) is 4.04. The van der Waals surface area contributed by atoms with Crippen LogP contribution in [0.25, 0.3) is 0 Å². The molecule has 0 radical (unpaired) electrons. The number of ether oxygens (including phenoxy) is 1. The number of halogens is 1. The number of piperidine rings is 1. The van der Waals surface area contributed by atoms with Crippen LogP contribution in [0.15, 0.2) is 24.3 Å². The predicted molar refractivity (Wildman–Crippen MR) is 118 cm³/mol. The Morgan fingerprint density at radius 1 is 1.20 bits per heavy atom. The van der Waals surface area contributed by atoms with Gasteiger partial charge in [-0.25, -0.2) is 4.79 Å². The summed E-state index contributed by atoms with van der Waals surface area (Å²) >= 11 is 6.00. The molecule has 30 heavy (non-hydrogen) atoms. The molecule has 0 saturated carbocycles. The molecule has 1 aliphatic heterocycles. The number of rotatable bonds is 4. The molecule has 1 heterocycles. The maximum absolute atomic E-state index is 13.3. The molecule has 2 N–H and O–H groups in total. The third kappa shape index (κ3) is 5.46. The van der Waals surface area contributed by atoms with Crippen LogP contribution in [0.4, 0.5) is 4.79 Å². The number of aliphatic hydroxyl groups is 1. The van der Waals surface area contributed by atoms with E-state index in [1.807, 2.05) is 39.8 Å². The van der Waals surface area contributed by atoms with Crippen molar-refractivity contribution in [2.45, 2.75) is 72.1 Å². The summed E-state index contributed by atoms with van der Waals surface area (Å²) in [6, 6.07) is 6.51. The minimum atomic E-state index is -1.08. The van der Waals surface area contributed by atoms with Crippen LogP contribution >= 0.6 is 11.6 Å². The van der Waals surface area contributed by atoms with Gasteiger partial charge in [0.25, 0.3) is 0 Å². The Morgan fingerprint density at radius 2 is 1.77 bits per heavy atom. The number of nitrogens with one attached hydrogen (secondary N) is 1. The lowest BCUT2D eigenvalue weighted by Crippen LogP contribution is -2.60. The van der Waals surface area contributed by atoms with Gasteiger partial charge in [-0.05, 0) is 50.8 Å².